The first-order valence-corrected chi connectivity index (χ1v) is 10.3. The molecule has 6 atom stereocenters. The number of Topliss-reactive ketones (excluding diaryl/α,β-unsaturated/α-hetero) is 1. The number of esters is 2. The van der Waals surface area contributed by atoms with Crippen molar-refractivity contribution in [2.75, 3.05) is 7.11 Å². The second kappa shape index (κ2) is 7.15. The molecule has 6 heteroatoms. The number of ether oxygens (including phenoxy) is 3. The lowest BCUT2D eigenvalue weighted by molar-refractivity contribution is -0.168. The fourth-order valence-corrected chi connectivity index (χ4v) is 6.24. The number of benzene rings is 1. The molecule has 0 spiro atoms. The maximum absolute atomic E-state index is 13.0. The number of hydrogen-bond acceptors (Lipinski definition) is 6. The molecule has 1 aromatic carbocycles. The normalized spacial score (nSPS) is 35.2. The van der Waals surface area contributed by atoms with Gasteiger partial charge in [0.2, 0.25) is 0 Å². The number of fused-ring (bicyclic) bond motifs is 5. The van der Waals surface area contributed by atoms with Crippen LogP contribution in [-0.2, 0) is 19.1 Å². The maximum Gasteiger partial charge on any atom is 0.302 e. The van der Waals surface area contributed by atoms with Crippen molar-refractivity contribution < 1.29 is 28.6 Å². The SMILES string of the molecule is COc1ccc2c(c1)C(=O)C[C@@H]1[C@@H]2[C@@H](OC(C)=O)C[C@]2(C)[C@@H](OC(C)=O)CC[C@@H]12. The summed E-state index contributed by atoms with van der Waals surface area (Å²) < 4.78 is 16.8. The van der Waals surface area contributed by atoms with Crippen LogP contribution in [0.1, 0.15) is 68.3 Å². The van der Waals surface area contributed by atoms with E-state index in [1.165, 1.54) is 13.8 Å². The van der Waals surface area contributed by atoms with E-state index in [-0.39, 0.29) is 53.1 Å². The van der Waals surface area contributed by atoms with Crippen molar-refractivity contribution in [3.8, 4) is 5.75 Å². The third kappa shape index (κ3) is 3.22. The number of carbonyl (C=O) groups is 3. The molecule has 2 saturated carbocycles. The molecule has 4 rings (SSSR count). The molecule has 0 heterocycles. The predicted molar refractivity (Wildman–Crippen MR) is 105 cm³/mol. The van der Waals surface area contributed by atoms with E-state index in [0.29, 0.717) is 24.2 Å². The van der Waals surface area contributed by atoms with Crippen LogP contribution < -0.4 is 4.74 Å². The van der Waals surface area contributed by atoms with Crippen LogP contribution in [0.4, 0.5) is 0 Å². The number of carbonyl (C=O) groups excluding carboxylic acids is 3. The summed E-state index contributed by atoms with van der Waals surface area (Å²) in [6.45, 7) is 4.98. The highest BCUT2D eigenvalue weighted by molar-refractivity contribution is 5.99. The second-order valence-corrected chi connectivity index (χ2v) is 8.91. The molecule has 0 unspecified atom stereocenters. The van der Waals surface area contributed by atoms with Gasteiger partial charge in [0, 0.05) is 37.2 Å². The minimum atomic E-state index is -0.352. The van der Waals surface area contributed by atoms with Crippen LogP contribution in [0, 0.1) is 17.3 Å². The maximum atomic E-state index is 13.0. The Balaban J connectivity index is 1.78. The smallest absolute Gasteiger partial charge is 0.302 e. The lowest BCUT2D eigenvalue weighted by Crippen LogP contribution is -2.52. The van der Waals surface area contributed by atoms with Crippen molar-refractivity contribution in [3.63, 3.8) is 0 Å². The molecule has 0 saturated heterocycles. The number of ketones is 1. The van der Waals surface area contributed by atoms with Crippen LogP contribution in [0.25, 0.3) is 0 Å². The molecule has 0 bridgehead atoms. The van der Waals surface area contributed by atoms with Gasteiger partial charge in [-0.05, 0) is 48.8 Å². The van der Waals surface area contributed by atoms with Crippen molar-refractivity contribution >= 4 is 17.7 Å². The van der Waals surface area contributed by atoms with Crippen molar-refractivity contribution in [2.24, 2.45) is 17.3 Å². The van der Waals surface area contributed by atoms with E-state index in [4.69, 9.17) is 14.2 Å². The summed E-state index contributed by atoms with van der Waals surface area (Å²) in [5, 5.41) is 0. The fraction of sp³-hybridized carbons (Fsp3) is 0.609. The Bertz CT molecular complexity index is 861. The largest absolute Gasteiger partial charge is 0.497 e. The van der Waals surface area contributed by atoms with Crippen LogP contribution in [-0.4, -0.2) is 37.0 Å². The van der Waals surface area contributed by atoms with Crippen molar-refractivity contribution in [3.05, 3.63) is 29.3 Å². The highest BCUT2D eigenvalue weighted by atomic mass is 16.6. The van der Waals surface area contributed by atoms with Crippen LogP contribution in [0.2, 0.25) is 0 Å². The van der Waals surface area contributed by atoms with Gasteiger partial charge in [-0.2, -0.15) is 0 Å². The fourth-order valence-electron chi connectivity index (χ4n) is 6.24. The molecule has 0 aliphatic heterocycles. The number of rotatable bonds is 3. The zero-order valence-corrected chi connectivity index (χ0v) is 17.4. The zero-order chi connectivity index (χ0) is 20.9. The Labute approximate surface area is 170 Å². The minimum absolute atomic E-state index is 0.0355. The van der Waals surface area contributed by atoms with Gasteiger partial charge in [0.15, 0.2) is 5.78 Å². The summed E-state index contributed by atoms with van der Waals surface area (Å²) in [6, 6.07) is 5.60. The molecule has 6 nitrogen and oxygen atoms in total. The molecule has 0 radical (unpaired) electrons. The van der Waals surface area contributed by atoms with E-state index in [2.05, 4.69) is 6.92 Å². The zero-order valence-electron chi connectivity index (χ0n) is 17.4. The Morgan fingerprint density at radius 1 is 1.10 bits per heavy atom. The number of hydrogen-bond donors (Lipinski definition) is 0. The van der Waals surface area contributed by atoms with Crippen molar-refractivity contribution in [2.45, 2.75) is 64.6 Å². The standard InChI is InChI=1S/C23H28O6/c1-12(24)28-20-11-23(3)18(7-8-21(23)29-13(2)25)17-10-19(26)16-9-14(27-4)5-6-15(16)22(17)20/h5-6,9,17-18,20-22H,7-8,10-11H2,1-4H3/t17-,18-,20-,21-,22+,23-/m0/s1. The van der Waals surface area contributed by atoms with Gasteiger partial charge in [0.25, 0.3) is 0 Å². The average molecular weight is 400 g/mol. The molecule has 29 heavy (non-hydrogen) atoms. The highest BCUT2D eigenvalue weighted by Crippen LogP contribution is 2.62. The summed E-state index contributed by atoms with van der Waals surface area (Å²) in [6.07, 6.45) is 2.15. The Hall–Kier alpha value is -2.37. The van der Waals surface area contributed by atoms with Crippen LogP contribution in [0.3, 0.4) is 0 Å². The summed E-state index contributed by atoms with van der Waals surface area (Å²) in [5.41, 5.74) is 1.30. The topological polar surface area (TPSA) is 78.9 Å². The Morgan fingerprint density at radius 3 is 2.48 bits per heavy atom. The minimum Gasteiger partial charge on any atom is -0.497 e. The van der Waals surface area contributed by atoms with E-state index >= 15 is 0 Å². The van der Waals surface area contributed by atoms with E-state index in [1.54, 1.807) is 13.2 Å². The van der Waals surface area contributed by atoms with Gasteiger partial charge in [0.1, 0.15) is 18.0 Å². The van der Waals surface area contributed by atoms with Gasteiger partial charge in [-0.1, -0.05) is 13.0 Å². The lowest BCUT2D eigenvalue weighted by Gasteiger charge is -2.52. The molecule has 2 fully saturated rings. The second-order valence-electron chi connectivity index (χ2n) is 8.91. The third-order valence-corrected chi connectivity index (χ3v) is 7.31. The molecule has 0 amide bonds. The van der Waals surface area contributed by atoms with Crippen molar-refractivity contribution in [1.82, 2.24) is 0 Å². The molecule has 156 valence electrons. The Kier molecular flexibility index (Phi) is 4.91. The van der Waals surface area contributed by atoms with Crippen LogP contribution in [0.5, 0.6) is 5.75 Å². The lowest BCUT2D eigenvalue weighted by atomic mass is 9.54. The summed E-state index contributed by atoms with van der Waals surface area (Å²) in [4.78, 5) is 36.6. The van der Waals surface area contributed by atoms with E-state index in [1.807, 2.05) is 12.1 Å². The van der Waals surface area contributed by atoms with Gasteiger partial charge >= 0.3 is 11.9 Å². The summed E-state index contributed by atoms with van der Waals surface area (Å²) in [7, 11) is 1.58. The van der Waals surface area contributed by atoms with Crippen LogP contribution >= 0.6 is 0 Å². The average Bonchev–Trinajstić information content (AvgIpc) is 2.96. The highest BCUT2D eigenvalue weighted by Gasteiger charge is 2.60. The van der Waals surface area contributed by atoms with E-state index in [0.717, 1.165) is 18.4 Å². The van der Waals surface area contributed by atoms with Gasteiger partial charge in [-0.25, -0.2) is 0 Å². The molecule has 1 aromatic rings. The Morgan fingerprint density at radius 2 is 1.83 bits per heavy atom. The predicted octanol–water partition coefficient (Wildman–Crippen LogP) is 3.66. The molecular formula is C23H28O6. The first-order chi connectivity index (χ1) is 13.7. The van der Waals surface area contributed by atoms with Gasteiger partial charge in [-0.3, -0.25) is 14.4 Å². The van der Waals surface area contributed by atoms with Gasteiger partial charge < -0.3 is 14.2 Å². The first-order valence-electron chi connectivity index (χ1n) is 10.3. The van der Waals surface area contributed by atoms with Crippen LogP contribution in [0.15, 0.2) is 18.2 Å². The third-order valence-electron chi connectivity index (χ3n) is 7.31. The van der Waals surface area contributed by atoms with E-state index < -0.39 is 0 Å². The molecule has 0 aromatic heterocycles. The number of methoxy groups -OCH3 is 1. The first kappa shape index (κ1) is 19.9. The monoisotopic (exact) mass is 400 g/mol. The molecule has 0 N–H and O–H groups in total. The summed E-state index contributed by atoms with van der Waals surface area (Å²) >= 11 is 0. The summed E-state index contributed by atoms with van der Waals surface area (Å²) in [5.74, 6) is 0.393. The molecular weight excluding hydrogens is 372 g/mol. The van der Waals surface area contributed by atoms with Gasteiger partial charge in [-0.15, -0.1) is 0 Å². The van der Waals surface area contributed by atoms with Gasteiger partial charge in [0.05, 0.1) is 7.11 Å². The van der Waals surface area contributed by atoms with E-state index in [9.17, 15) is 14.4 Å². The van der Waals surface area contributed by atoms with Crippen molar-refractivity contribution in [1.29, 1.82) is 0 Å². The quantitative estimate of drug-likeness (QED) is 0.721. The molecule has 3 aliphatic rings. The molecule has 3 aliphatic carbocycles.